The summed E-state index contributed by atoms with van der Waals surface area (Å²) in [5, 5.41) is 3.20. The monoisotopic (exact) mass is 497 g/mol. The number of carbonyl (C=O) groups is 1. The van der Waals surface area contributed by atoms with Crippen LogP contribution in [0.5, 0.6) is 0 Å². The van der Waals surface area contributed by atoms with E-state index in [0.29, 0.717) is 31.9 Å². The number of nitrogens with one attached hydrogen (secondary N) is 1. The summed E-state index contributed by atoms with van der Waals surface area (Å²) < 4.78 is 25.9. The maximum atomic E-state index is 13.3. The fourth-order valence-corrected chi connectivity index (χ4v) is 7.53. The molecule has 9 heteroatoms. The Bertz CT molecular complexity index is 1020. The largest absolute Gasteiger partial charge is 0.386 e. The first-order valence-corrected chi connectivity index (χ1v) is 13.4. The molecule has 1 amide bonds. The van der Waals surface area contributed by atoms with Crippen LogP contribution >= 0.6 is 22.9 Å². The number of amidine groups is 1. The number of carbonyl (C=O) groups excluding carboxylic acids is 1. The van der Waals surface area contributed by atoms with Gasteiger partial charge in [-0.1, -0.05) is 56.8 Å². The normalized spacial score (nSPS) is 21.9. The lowest BCUT2D eigenvalue weighted by Gasteiger charge is -2.39. The minimum atomic E-state index is -1.13. The van der Waals surface area contributed by atoms with Crippen molar-refractivity contribution in [3.63, 3.8) is 0 Å². The Kier molecular flexibility index (Phi) is 8.47. The Morgan fingerprint density at radius 1 is 1.31 bits per heavy atom. The van der Waals surface area contributed by atoms with Gasteiger partial charge in [-0.05, 0) is 36.6 Å². The van der Waals surface area contributed by atoms with Crippen LogP contribution in [0.2, 0.25) is 5.02 Å². The second kappa shape index (κ2) is 10.9. The number of rotatable bonds is 4. The molecule has 174 valence electrons. The van der Waals surface area contributed by atoms with E-state index in [1.54, 1.807) is 18.2 Å². The Morgan fingerprint density at radius 2 is 2.03 bits per heavy atom. The number of hydrogen-bond acceptors (Lipinski definition) is 5. The summed E-state index contributed by atoms with van der Waals surface area (Å²) in [5.74, 6) is 0.179. The molecule has 1 fully saturated rings. The van der Waals surface area contributed by atoms with Crippen LogP contribution in [0.25, 0.3) is 0 Å². The van der Waals surface area contributed by atoms with Gasteiger partial charge in [0.1, 0.15) is 16.4 Å². The number of nitrogens with two attached hydrogens (primary N) is 1. The molecule has 2 atom stereocenters. The first-order valence-electron chi connectivity index (χ1n) is 10.9. The zero-order valence-electron chi connectivity index (χ0n) is 18.3. The lowest BCUT2D eigenvalue weighted by atomic mass is 9.87. The van der Waals surface area contributed by atoms with Gasteiger partial charge in [-0.3, -0.25) is 14.0 Å². The van der Waals surface area contributed by atoms with Gasteiger partial charge in [-0.15, -0.1) is 11.3 Å². The van der Waals surface area contributed by atoms with E-state index in [1.807, 2.05) is 13.8 Å². The van der Waals surface area contributed by atoms with E-state index in [9.17, 15) is 13.4 Å². The molecule has 1 spiro atoms. The van der Waals surface area contributed by atoms with E-state index in [4.69, 9.17) is 17.3 Å². The van der Waals surface area contributed by atoms with Crippen molar-refractivity contribution in [3.05, 3.63) is 56.5 Å². The van der Waals surface area contributed by atoms with Gasteiger partial charge in [0.15, 0.2) is 0 Å². The summed E-state index contributed by atoms with van der Waals surface area (Å²) in [5.41, 5.74) is 6.98. The first-order chi connectivity index (χ1) is 15.4. The molecule has 5 nitrogen and oxygen atoms in total. The molecule has 4 rings (SSSR count). The van der Waals surface area contributed by atoms with E-state index in [1.165, 1.54) is 23.5 Å². The Morgan fingerprint density at radius 3 is 2.69 bits per heavy atom. The second-order valence-electron chi connectivity index (χ2n) is 7.73. The third-order valence-corrected chi connectivity index (χ3v) is 9.52. The highest BCUT2D eigenvalue weighted by Gasteiger charge is 2.46. The molecule has 1 aromatic carbocycles. The molecule has 32 heavy (non-hydrogen) atoms. The number of amides is 1. The molecule has 2 heterocycles. The van der Waals surface area contributed by atoms with Crippen LogP contribution in [0.1, 0.15) is 72.1 Å². The maximum absolute atomic E-state index is 13.3. The number of hydrogen-bond donors (Lipinski definition) is 2. The average Bonchev–Trinajstić information content (AvgIpc) is 3.19. The van der Waals surface area contributed by atoms with E-state index in [2.05, 4.69) is 10.3 Å². The Balaban J connectivity index is 0.00000141. The fourth-order valence-electron chi connectivity index (χ4n) is 4.12. The smallest absolute Gasteiger partial charge is 0.261 e. The lowest BCUT2D eigenvalue weighted by molar-refractivity contribution is 0.0955. The molecular formula is C23H29ClFN3O2S2. The Hall–Kier alpha value is -1.77. The quantitative estimate of drug-likeness (QED) is 0.596. The SMILES string of the molecule is CC.NC1=N[C@H](c2sc(C(=O)NCc3cccc(F)c3)cc2Cl)CS(=O)C12CCCCC2. The number of thiophene rings is 1. The van der Waals surface area contributed by atoms with Gasteiger partial charge in [0.2, 0.25) is 0 Å². The van der Waals surface area contributed by atoms with Crippen molar-refractivity contribution in [2.75, 3.05) is 5.75 Å². The van der Waals surface area contributed by atoms with Gasteiger partial charge in [-0.25, -0.2) is 4.39 Å². The van der Waals surface area contributed by atoms with E-state index in [0.717, 1.165) is 32.1 Å². The van der Waals surface area contributed by atoms with Crippen molar-refractivity contribution < 1.29 is 13.4 Å². The molecule has 1 aromatic heterocycles. The highest BCUT2D eigenvalue weighted by Crippen LogP contribution is 2.42. The highest BCUT2D eigenvalue weighted by atomic mass is 35.5. The van der Waals surface area contributed by atoms with Crippen molar-refractivity contribution >= 4 is 45.5 Å². The molecular weight excluding hydrogens is 469 g/mol. The van der Waals surface area contributed by atoms with E-state index < -0.39 is 21.6 Å². The van der Waals surface area contributed by atoms with Crippen molar-refractivity contribution in [1.82, 2.24) is 5.32 Å². The molecule has 1 saturated carbocycles. The van der Waals surface area contributed by atoms with Gasteiger partial charge in [0, 0.05) is 22.2 Å². The molecule has 3 N–H and O–H groups in total. The zero-order valence-corrected chi connectivity index (χ0v) is 20.7. The van der Waals surface area contributed by atoms with Crippen molar-refractivity contribution in [3.8, 4) is 0 Å². The lowest BCUT2D eigenvalue weighted by Crippen LogP contribution is -2.53. The van der Waals surface area contributed by atoms with Crippen LogP contribution in [0.3, 0.4) is 0 Å². The van der Waals surface area contributed by atoms with Crippen LogP contribution in [-0.4, -0.2) is 26.5 Å². The molecule has 0 saturated heterocycles. The molecule has 1 aliphatic heterocycles. The van der Waals surface area contributed by atoms with Crippen molar-refractivity contribution in [2.24, 2.45) is 10.7 Å². The van der Waals surface area contributed by atoms with Crippen LogP contribution in [0, 0.1) is 5.82 Å². The zero-order chi connectivity index (χ0) is 23.3. The second-order valence-corrected chi connectivity index (χ2v) is 11.0. The summed E-state index contributed by atoms with van der Waals surface area (Å²) in [7, 11) is -1.13. The molecule has 0 radical (unpaired) electrons. The molecule has 0 bridgehead atoms. The minimum Gasteiger partial charge on any atom is -0.386 e. The number of halogens is 2. The van der Waals surface area contributed by atoms with E-state index in [-0.39, 0.29) is 18.3 Å². The third kappa shape index (κ3) is 5.24. The van der Waals surface area contributed by atoms with Crippen molar-refractivity contribution in [1.29, 1.82) is 0 Å². The summed E-state index contributed by atoms with van der Waals surface area (Å²) in [4.78, 5) is 18.4. The van der Waals surface area contributed by atoms with Gasteiger partial charge in [0.05, 0.1) is 21.7 Å². The summed E-state index contributed by atoms with van der Waals surface area (Å²) in [6.07, 6.45) is 4.80. The first kappa shape index (κ1) is 24.9. The maximum Gasteiger partial charge on any atom is 0.261 e. The average molecular weight is 498 g/mol. The number of aliphatic imine (C=N–C) groups is 1. The van der Waals surface area contributed by atoms with Crippen LogP contribution in [0.4, 0.5) is 4.39 Å². The Labute approximate surface area is 200 Å². The number of nitrogens with zero attached hydrogens (tertiary/aromatic N) is 1. The van der Waals surface area contributed by atoms with Crippen LogP contribution < -0.4 is 11.1 Å². The van der Waals surface area contributed by atoms with Crippen LogP contribution in [-0.2, 0) is 17.3 Å². The van der Waals surface area contributed by atoms with Gasteiger partial charge in [0.25, 0.3) is 5.91 Å². The third-order valence-electron chi connectivity index (χ3n) is 5.75. The molecule has 2 aromatic rings. The van der Waals surface area contributed by atoms with Gasteiger partial charge >= 0.3 is 0 Å². The standard InChI is InChI=1S/C21H23ClFN3O2S2.C2H6/c22-15-10-17(19(27)25-11-13-5-4-6-14(23)9-13)29-18(15)16-12-30(28)21(20(24)26-16)7-2-1-3-8-21;1-2/h4-6,9-10,16H,1-3,7-8,11-12H2,(H2,24,26)(H,25,27);1-2H3/t16-,30?;/m0./s1. The topological polar surface area (TPSA) is 84.5 Å². The minimum absolute atomic E-state index is 0.211. The highest BCUT2D eigenvalue weighted by molar-refractivity contribution is 7.87. The van der Waals surface area contributed by atoms with Gasteiger partial charge in [-0.2, -0.15) is 0 Å². The molecule has 1 unspecified atom stereocenters. The predicted molar refractivity (Wildman–Crippen MR) is 131 cm³/mol. The summed E-state index contributed by atoms with van der Waals surface area (Å²) in [6, 6.07) is 7.27. The summed E-state index contributed by atoms with van der Waals surface area (Å²) >= 11 is 7.64. The fraction of sp³-hybridized carbons (Fsp3) is 0.478. The summed E-state index contributed by atoms with van der Waals surface area (Å²) in [6.45, 7) is 4.21. The van der Waals surface area contributed by atoms with Crippen LogP contribution in [0.15, 0.2) is 35.3 Å². The van der Waals surface area contributed by atoms with Gasteiger partial charge < -0.3 is 11.1 Å². The molecule has 2 aliphatic rings. The van der Waals surface area contributed by atoms with Crippen molar-refractivity contribution in [2.45, 2.75) is 63.3 Å². The van der Waals surface area contributed by atoms with E-state index >= 15 is 0 Å². The molecule has 1 aliphatic carbocycles. The predicted octanol–water partition coefficient (Wildman–Crippen LogP) is 5.36. The number of benzene rings is 1.